The maximum Gasteiger partial charge on any atom is 0.0897 e. The summed E-state index contributed by atoms with van der Waals surface area (Å²) in [5.41, 5.74) is 0. The van der Waals surface area contributed by atoms with Crippen molar-refractivity contribution in [1.82, 2.24) is 5.32 Å². The van der Waals surface area contributed by atoms with E-state index in [1.54, 1.807) is 0 Å². The van der Waals surface area contributed by atoms with Crippen molar-refractivity contribution in [3.63, 3.8) is 0 Å². The van der Waals surface area contributed by atoms with Crippen LogP contribution in [0, 0.1) is 5.92 Å². The fourth-order valence-corrected chi connectivity index (χ4v) is 1.40. The Kier molecular flexibility index (Phi) is 10.3. The summed E-state index contributed by atoms with van der Waals surface area (Å²) >= 11 is 0. The summed E-state index contributed by atoms with van der Waals surface area (Å²) in [5.74, 6) is 0.495. The van der Waals surface area contributed by atoms with Crippen LogP contribution in [0.2, 0.25) is 0 Å². The molecule has 0 spiro atoms. The van der Waals surface area contributed by atoms with Crippen LogP contribution in [-0.4, -0.2) is 49.2 Å². The van der Waals surface area contributed by atoms with Gasteiger partial charge in [0.25, 0.3) is 0 Å². The van der Waals surface area contributed by atoms with Gasteiger partial charge in [0.1, 0.15) is 0 Å². The second-order valence-electron chi connectivity index (χ2n) is 3.76. The van der Waals surface area contributed by atoms with Crippen molar-refractivity contribution in [2.45, 2.75) is 32.8 Å². The third-order valence-corrected chi connectivity index (χ3v) is 2.44. The SMILES string of the molecule is CCOCC(O)CNCC(CC)CCO. The van der Waals surface area contributed by atoms with Gasteiger partial charge in [0.05, 0.1) is 12.7 Å². The molecule has 4 nitrogen and oxygen atoms in total. The maximum atomic E-state index is 9.46. The van der Waals surface area contributed by atoms with Crippen molar-refractivity contribution in [3.8, 4) is 0 Å². The smallest absolute Gasteiger partial charge is 0.0897 e. The molecular formula is C11H25NO3. The first kappa shape index (κ1) is 14.8. The maximum absolute atomic E-state index is 9.46. The highest BCUT2D eigenvalue weighted by atomic mass is 16.5. The number of ether oxygens (including phenoxy) is 1. The van der Waals surface area contributed by atoms with Crippen LogP contribution in [0.5, 0.6) is 0 Å². The van der Waals surface area contributed by atoms with Crippen LogP contribution in [-0.2, 0) is 4.74 Å². The summed E-state index contributed by atoms with van der Waals surface area (Å²) in [6.45, 7) is 6.69. The molecule has 92 valence electrons. The molecule has 2 unspecified atom stereocenters. The van der Waals surface area contributed by atoms with E-state index in [0.717, 1.165) is 19.4 Å². The van der Waals surface area contributed by atoms with Gasteiger partial charge in [-0.1, -0.05) is 13.3 Å². The molecule has 0 aromatic carbocycles. The van der Waals surface area contributed by atoms with Gasteiger partial charge >= 0.3 is 0 Å². The number of aliphatic hydroxyl groups excluding tert-OH is 2. The molecule has 0 aromatic heterocycles. The van der Waals surface area contributed by atoms with E-state index in [4.69, 9.17) is 9.84 Å². The van der Waals surface area contributed by atoms with Crippen LogP contribution in [0.15, 0.2) is 0 Å². The van der Waals surface area contributed by atoms with Crippen LogP contribution < -0.4 is 5.32 Å². The second kappa shape index (κ2) is 10.4. The van der Waals surface area contributed by atoms with Gasteiger partial charge in [-0.2, -0.15) is 0 Å². The predicted octanol–water partition coefficient (Wildman–Crippen LogP) is 0.382. The highest BCUT2D eigenvalue weighted by Gasteiger charge is 2.07. The van der Waals surface area contributed by atoms with Gasteiger partial charge in [-0.3, -0.25) is 0 Å². The zero-order valence-electron chi connectivity index (χ0n) is 9.91. The quantitative estimate of drug-likeness (QED) is 0.497. The minimum absolute atomic E-state index is 0.238. The number of aliphatic hydroxyl groups is 2. The standard InChI is InChI=1S/C11H25NO3/c1-3-10(5-6-13)7-12-8-11(14)9-15-4-2/h10-14H,3-9H2,1-2H3. The van der Waals surface area contributed by atoms with E-state index in [1.807, 2.05) is 6.92 Å². The molecule has 0 amide bonds. The molecule has 0 aliphatic carbocycles. The van der Waals surface area contributed by atoms with Gasteiger partial charge in [0, 0.05) is 19.8 Å². The lowest BCUT2D eigenvalue weighted by Crippen LogP contribution is -2.33. The Balaban J connectivity index is 3.41. The van der Waals surface area contributed by atoms with Crippen LogP contribution in [0.3, 0.4) is 0 Å². The first-order chi connectivity index (χ1) is 7.24. The van der Waals surface area contributed by atoms with E-state index in [0.29, 0.717) is 25.7 Å². The van der Waals surface area contributed by atoms with Crippen LogP contribution in [0.4, 0.5) is 0 Å². The fourth-order valence-electron chi connectivity index (χ4n) is 1.40. The van der Waals surface area contributed by atoms with Crippen LogP contribution in [0.25, 0.3) is 0 Å². The molecule has 3 N–H and O–H groups in total. The molecule has 15 heavy (non-hydrogen) atoms. The molecule has 0 rings (SSSR count). The van der Waals surface area contributed by atoms with Crippen LogP contribution >= 0.6 is 0 Å². The third-order valence-electron chi connectivity index (χ3n) is 2.44. The summed E-state index contributed by atoms with van der Waals surface area (Å²) < 4.78 is 5.10. The van der Waals surface area contributed by atoms with Crippen LogP contribution in [0.1, 0.15) is 26.7 Å². The zero-order chi connectivity index (χ0) is 11.5. The van der Waals surface area contributed by atoms with Crippen molar-refractivity contribution in [1.29, 1.82) is 0 Å². The monoisotopic (exact) mass is 219 g/mol. The zero-order valence-corrected chi connectivity index (χ0v) is 9.91. The number of rotatable bonds is 10. The van der Waals surface area contributed by atoms with Gasteiger partial charge in [0.15, 0.2) is 0 Å². The lowest BCUT2D eigenvalue weighted by Gasteiger charge is -2.16. The predicted molar refractivity (Wildman–Crippen MR) is 60.9 cm³/mol. The average molecular weight is 219 g/mol. The molecule has 0 bridgehead atoms. The van der Waals surface area contributed by atoms with Crippen molar-refractivity contribution >= 4 is 0 Å². The molecule has 2 atom stereocenters. The lowest BCUT2D eigenvalue weighted by atomic mass is 10.0. The molecule has 0 aliphatic rings. The Labute approximate surface area is 92.6 Å². The number of hydrogen-bond acceptors (Lipinski definition) is 4. The van der Waals surface area contributed by atoms with E-state index in [-0.39, 0.29) is 6.61 Å². The highest BCUT2D eigenvalue weighted by molar-refractivity contribution is 4.63. The Hall–Kier alpha value is -0.160. The van der Waals surface area contributed by atoms with Gasteiger partial charge in [-0.25, -0.2) is 0 Å². The summed E-state index contributed by atoms with van der Waals surface area (Å²) in [5, 5.41) is 21.4. The Morgan fingerprint density at radius 1 is 1.27 bits per heavy atom. The summed E-state index contributed by atoms with van der Waals surface area (Å²) in [6, 6.07) is 0. The molecule has 0 aliphatic heterocycles. The molecule has 0 radical (unpaired) electrons. The lowest BCUT2D eigenvalue weighted by molar-refractivity contribution is 0.0422. The van der Waals surface area contributed by atoms with E-state index in [2.05, 4.69) is 12.2 Å². The molecule has 4 heteroatoms. The molecule has 0 aromatic rings. The van der Waals surface area contributed by atoms with E-state index in [1.165, 1.54) is 0 Å². The summed E-state index contributed by atoms with van der Waals surface area (Å²) in [7, 11) is 0. The number of nitrogens with one attached hydrogen (secondary N) is 1. The second-order valence-corrected chi connectivity index (χ2v) is 3.76. The largest absolute Gasteiger partial charge is 0.396 e. The van der Waals surface area contributed by atoms with Gasteiger partial charge < -0.3 is 20.3 Å². The minimum Gasteiger partial charge on any atom is -0.396 e. The molecule has 0 saturated carbocycles. The van der Waals surface area contributed by atoms with Gasteiger partial charge in [-0.05, 0) is 25.8 Å². The Bertz CT molecular complexity index is 133. The summed E-state index contributed by atoms with van der Waals surface area (Å²) in [4.78, 5) is 0. The number of hydrogen-bond donors (Lipinski definition) is 3. The molecule has 0 saturated heterocycles. The van der Waals surface area contributed by atoms with E-state index >= 15 is 0 Å². The first-order valence-electron chi connectivity index (χ1n) is 5.81. The topological polar surface area (TPSA) is 61.7 Å². The minimum atomic E-state index is -0.434. The Morgan fingerprint density at radius 2 is 2.00 bits per heavy atom. The van der Waals surface area contributed by atoms with Crippen molar-refractivity contribution < 1.29 is 14.9 Å². The molecule has 0 fully saturated rings. The first-order valence-corrected chi connectivity index (χ1v) is 5.81. The molecule has 0 heterocycles. The fraction of sp³-hybridized carbons (Fsp3) is 1.00. The van der Waals surface area contributed by atoms with Crippen molar-refractivity contribution in [3.05, 3.63) is 0 Å². The Morgan fingerprint density at radius 3 is 2.53 bits per heavy atom. The van der Waals surface area contributed by atoms with Crippen molar-refractivity contribution in [2.75, 3.05) is 32.9 Å². The highest BCUT2D eigenvalue weighted by Crippen LogP contribution is 2.05. The normalized spacial score (nSPS) is 15.2. The third kappa shape index (κ3) is 8.81. The molecular weight excluding hydrogens is 194 g/mol. The van der Waals surface area contributed by atoms with Crippen molar-refractivity contribution in [2.24, 2.45) is 5.92 Å². The van der Waals surface area contributed by atoms with Gasteiger partial charge in [-0.15, -0.1) is 0 Å². The van der Waals surface area contributed by atoms with E-state index in [9.17, 15) is 5.11 Å². The van der Waals surface area contributed by atoms with E-state index < -0.39 is 6.10 Å². The summed E-state index contributed by atoms with van der Waals surface area (Å²) in [6.07, 6.45) is 1.44. The van der Waals surface area contributed by atoms with Gasteiger partial charge in [0.2, 0.25) is 0 Å². The average Bonchev–Trinajstić information content (AvgIpc) is 2.25.